The molecule has 0 radical (unpaired) electrons. The van der Waals surface area contributed by atoms with Crippen molar-refractivity contribution in [1.82, 2.24) is 0 Å². The number of carboxylic acid groups (broad SMARTS) is 1. The predicted octanol–water partition coefficient (Wildman–Crippen LogP) is 9.23. The van der Waals surface area contributed by atoms with Gasteiger partial charge in [0.25, 0.3) is 0 Å². The molecule has 0 amide bonds. The minimum Gasteiger partial charge on any atom is -0.481 e. The predicted molar refractivity (Wildman–Crippen MR) is 124 cm³/mol. The van der Waals surface area contributed by atoms with Gasteiger partial charge in [-0.3, -0.25) is 4.79 Å². The van der Waals surface area contributed by atoms with E-state index in [4.69, 9.17) is 5.11 Å². The lowest BCUT2D eigenvalue weighted by Gasteiger charge is -2.04. The minimum atomic E-state index is -0.651. The number of carbonyl (C=O) groups is 1. The van der Waals surface area contributed by atoms with Gasteiger partial charge in [-0.2, -0.15) is 0 Å². The lowest BCUT2D eigenvalue weighted by Crippen LogP contribution is -1.93. The van der Waals surface area contributed by atoms with Crippen molar-refractivity contribution in [2.24, 2.45) is 0 Å². The van der Waals surface area contributed by atoms with Crippen LogP contribution in [0.5, 0.6) is 0 Å². The van der Waals surface area contributed by atoms with Crippen molar-refractivity contribution in [3.05, 3.63) is 12.2 Å². The van der Waals surface area contributed by atoms with Gasteiger partial charge in [0.05, 0.1) is 0 Å². The zero-order valence-corrected chi connectivity index (χ0v) is 19.1. The summed E-state index contributed by atoms with van der Waals surface area (Å²) in [5.74, 6) is -0.651. The highest BCUT2D eigenvalue weighted by Crippen LogP contribution is 2.15. The third-order valence-electron chi connectivity index (χ3n) is 5.75. The normalized spacial score (nSPS) is 11.5. The number of unbranched alkanes of at least 4 members (excludes halogenated alkanes) is 20. The third-order valence-corrected chi connectivity index (χ3v) is 5.75. The first-order valence-electron chi connectivity index (χ1n) is 12.6. The van der Waals surface area contributed by atoms with Gasteiger partial charge in [0.2, 0.25) is 0 Å². The average molecular weight is 395 g/mol. The van der Waals surface area contributed by atoms with Gasteiger partial charge >= 0.3 is 5.97 Å². The van der Waals surface area contributed by atoms with E-state index in [1.807, 2.05) is 0 Å². The van der Waals surface area contributed by atoms with Crippen molar-refractivity contribution >= 4 is 5.97 Å². The van der Waals surface area contributed by atoms with E-state index in [-0.39, 0.29) is 0 Å². The Labute approximate surface area is 176 Å². The largest absolute Gasteiger partial charge is 0.481 e. The summed E-state index contributed by atoms with van der Waals surface area (Å²) in [5, 5.41) is 8.58. The second-order valence-corrected chi connectivity index (χ2v) is 8.57. The molecule has 0 aromatic heterocycles. The summed E-state index contributed by atoms with van der Waals surface area (Å²) >= 11 is 0. The van der Waals surface area contributed by atoms with E-state index in [1.165, 1.54) is 122 Å². The first-order chi connectivity index (χ1) is 13.8. The van der Waals surface area contributed by atoms with Gasteiger partial charge in [-0.15, -0.1) is 0 Å². The van der Waals surface area contributed by atoms with E-state index in [1.54, 1.807) is 0 Å². The van der Waals surface area contributed by atoms with E-state index < -0.39 is 5.97 Å². The summed E-state index contributed by atoms with van der Waals surface area (Å²) in [6.07, 6.45) is 33.2. The molecule has 0 spiro atoms. The molecule has 0 unspecified atom stereocenters. The smallest absolute Gasteiger partial charge is 0.303 e. The summed E-state index contributed by atoms with van der Waals surface area (Å²) < 4.78 is 0. The molecule has 28 heavy (non-hydrogen) atoms. The lowest BCUT2D eigenvalue weighted by atomic mass is 10.0. The molecule has 0 bridgehead atoms. The molecule has 0 saturated carbocycles. The Morgan fingerprint density at radius 2 is 0.821 bits per heavy atom. The first kappa shape index (κ1) is 27.2. The zero-order valence-electron chi connectivity index (χ0n) is 19.1. The average Bonchev–Trinajstić information content (AvgIpc) is 2.68. The molecular formula is C26H50O2. The van der Waals surface area contributed by atoms with E-state index in [0.717, 1.165) is 12.8 Å². The quantitative estimate of drug-likeness (QED) is 0.138. The Balaban J connectivity index is 3.00. The molecule has 0 atom stereocenters. The number of allylic oxidation sites excluding steroid dienone is 2. The summed E-state index contributed by atoms with van der Waals surface area (Å²) in [6, 6.07) is 0. The van der Waals surface area contributed by atoms with E-state index in [2.05, 4.69) is 19.1 Å². The summed E-state index contributed by atoms with van der Waals surface area (Å²) in [6.45, 7) is 2.11. The van der Waals surface area contributed by atoms with E-state index >= 15 is 0 Å². The monoisotopic (exact) mass is 394 g/mol. The van der Waals surface area contributed by atoms with Gasteiger partial charge in [-0.05, 0) is 26.2 Å². The Morgan fingerprint density at radius 1 is 0.536 bits per heavy atom. The Kier molecular flexibility index (Phi) is 23.6. The molecule has 0 aliphatic rings. The van der Waals surface area contributed by atoms with Gasteiger partial charge in [-0.1, -0.05) is 128 Å². The van der Waals surface area contributed by atoms with E-state index in [9.17, 15) is 4.79 Å². The molecule has 0 aromatic rings. The molecule has 0 aliphatic carbocycles. The molecule has 2 nitrogen and oxygen atoms in total. The van der Waals surface area contributed by atoms with Crippen LogP contribution >= 0.6 is 0 Å². The number of hydrogen-bond acceptors (Lipinski definition) is 1. The van der Waals surface area contributed by atoms with Gasteiger partial charge in [-0.25, -0.2) is 0 Å². The van der Waals surface area contributed by atoms with Crippen LogP contribution in [0.2, 0.25) is 0 Å². The molecule has 2 heteroatoms. The van der Waals surface area contributed by atoms with Gasteiger partial charge in [0.15, 0.2) is 0 Å². The maximum Gasteiger partial charge on any atom is 0.303 e. The van der Waals surface area contributed by atoms with Crippen molar-refractivity contribution in [3.63, 3.8) is 0 Å². The van der Waals surface area contributed by atoms with Crippen molar-refractivity contribution in [1.29, 1.82) is 0 Å². The standard InChI is InChI=1S/C26H50O2/c1-2-3-4-5-6-7-8-9-10-11-12-13-14-15-16-17-18-19-20-21-22-23-24-25-26(27)28/h2-3H,4-25H2,1H3,(H,27,28). The topological polar surface area (TPSA) is 37.3 Å². The second kappa shape index (κ2) is 24.2. The van der Waals surface area contributed by atoms with Crippen molar-refractivity contribution in [2.45, 2.75) is 148 Å². The Morgan fingerprint density at radius 3 is 1.11 bits per heavy atom. The van der Waals surface area contributed by atoms with Crippen LogP contribution in [0.4, 0.5) is 0 Å². The van der Waals surface area contributed by atoms with Crippen LogP contribution in [-0.4, -0.2) is 11.1 Å². The Hall–Kier alpha value is -0.790. The fourth-order valence-electron chi connectivity index (χ4n) is 3.89. The second-order valence-electron chi connectivity index (χ2n) is 8.57. The fraction of sp³-hybridized carbons (Fsp3) is 0.885. The van der Waals surface area contributed by atoms with Gasteiger partial charge in [0.1, 0.15) is 0 Å². The molecule has 0 heterocycles. The van der Waals surface area contributed by atoms with Crippen LogP contribution in [0, 0.1) is 0 Å². The lowest BCUT2D eigenvalue weighted by molar-refractivity contribution is -0.137. The molecule has 0 aliphatic heterocycles. The van der Waals surface area contributed by atoms with E-state index in [0.29, 0.717) is 6.42 Å². The number of hydrogen-bond donors (Lipinski definition) is 1. The third kappa shape index (κ3) is 25.2. The highest BCUT2D eigenvalue weighted by atomic mass is 16.4. The Bertz CT molecular complexity index is 335. The molecule has 0 fully saturated rings. The van der Waals surface area contributed by atoms with Crippen LogP contribution in [0.3, 0.4) is 0 Å². The van der Waals surface area contributed by atoms with Crippen LogP contribution in [-0.2, 0) is 4.79 Å². The summed E-state index contributed by atoms with van der Waals surface area (Å²) in [5.41, 5.74) is 0. The highest BCUT2D eigenvalue weighted by molar-refractivity contribution is 5.66. The molecule has 0 rings (SSSR count). The van der Waals surface area contributed by atoms with Crippen molar-refractivity contribution in [2.75, 3.05) is 0 Å². The summed E-state index contributed by atoms with van der Waals surface area (Å²) in [7, 11) is 0. The maximum atomic E-state index is 10.4. The van der Waals surface area contributed by atoms with Crippen LogP contribution < -0.4 is 0 Å². The van der Waals surface area contributed by atoms with Crippen LogP contribution in [0.25, 0.3) is 0 Å². The minimum absolute atomic E-state index is 0.345. The highest BCUT2D eigenvalue weighted by Gasteiger charge is 1.97. The molecule has 0 aromatic carbocycles. The molecular weight excluding hydrogens is 344 g/mol. The van der Waals surface area contributed by atoms with Gasteiger partial charge in [0, 0.05) is 6.42 Å². The SMILES string of the molecule is CC=CCCCCCCCCCCCCCCCCCCCCCCC(=O)O. The van der Waals surface area contributed by atoms with Crippen molar-refractivity contribution in [3.8, 4) is 0 Å². The van der Waals surface area contributed by atoms with Gasteiger partial charge < -0.3 is 5.11 Å². The van der Waals surface area contributed by atoms with Crippen LogP contribution in [0.15, 0.2) is 12.2 Å². The molecule has 1 N–H and O–H groups in total. The van der Waals surface area contributed by atoms with Crippen LogP contribution in [0.1, 0.15) is 148 Å². The number of aliphatic carboxylic acids is 1. The number of rotatable bonds is 23. The molecule has 166 valence electrons. The number of carboxylic acids is 1. The van der Waals surface area contributed by atoms with Crippen molar-refractivity contribution < 1.29 is 9.90 Å². The fourth-order valence-corrected chi connectivity index (χ4v) is 3.89. The zero-order chi connectivity index (χ0) is 20.5. The summed E-state index contributed by atoms with van der Waals surface area (Å²) in [4.78, 5) is 10.4. The maximum absolute atomic E-state index is 10.4. The first-order valence-corrected chi connectivity index (χ1v) is 12.6. The molecule has 0 saturated heterocycles.